The van der Waals surface area contributed by atoms with Gasteiger partial charge in [-0.25, -0.2) is 4.98 Å². The van der Waals surface area contributed by atoms with Crippen LogP contribution in [0.1, 0.15) is 0 Å². The molecule has 0 N–H and O–H groups in total. The first kappa shape index (κ1) is 16.4. The molecule has 4 heteroatoms. The van der Waals surface area contributed by atoms with Crippen LogP contribution in [0.4, 0.5) is 0 Å². The Kier molecular flexibility index (Phi) is 3.52. The summed E-state index contributed by atoms with van der Waals surface area (Å²) in [6, 6.07) is 28.2. The average Bonchev–Trinajstić information content (AvgIpc) is 3.36. The minimum absolute atomic E-state index is 0.530. The van der Waals surface area contributed by atoms with E-state index in [1.807, 2.05) is 60.7 Å². The molecule has 0 saturated heterocycles. The Morgan fingerprint density at radius 3 is 2.17 bits per heavy atom. The number of benzene rings is 4. The molecule has 0 aliphatic heterocycles. The van der Waals surface area contributed by atoms with Gasteiger partial charge in [-0.3, -0.25) is 0 Å². The van der Waals surface area contributed by atoms with Crippen LogP contribution in [0, 0.1) is 0 Å². The third-order valence-corrected chi connectivity index (χ3v) is 5.56. The minimum Gasteiger partial charge on any atom is -0.456 e. The second kappa shape index (κ2) is 6.23. The maximum absolute atomic E-state index is 6.71. The average molecular weight is 396 g/mol. The van der Waals surface area contributed by atoms with Crippen molar-refractivity contribution in [1.29, 1.82) is 0 Å². The summed E-state index contributed by atoms with van der Waals surface area (Å²) >= 11 is 6.71. The molecule has 0 saturated carbocycles. The zero-order valence-corrected chi connectivity index (χ0v) is 16.0. The van der Waals surface area contributed by atoms with Gasteiger partial charge in [-0.2, -0.15) is 0 Å². The van der Waals surface area contributed by atoms with E-state index in [9.17, 15) is 0 Å². The van der Waals surface area contributed by atoms with Crippen molar-refractivity contribution in [3.8, 4) is 22.6 Å². The molecular weight excluding hydrogens is 382 g/mol. The van der Waals surface area contributed by atoms with Gasteiger partial charge in [0.2, 0.25) is 5.89 Å². The van der Waals surface area contributed by atoms with Gasteiger partial charge < -0.3 is 8.83 Å². The second-order valence-electron chi connectivity index (χ2n) is 6.97. The van der Waals surface area contributed by atoms with Crippen LogP contribution in [0.15, 0.2) is 93.8 Å². The molecule has 2 aromatic heterocycles. The number of para-hydroxylation sites is 1. The van der Waals surface area contributed by atoms with Crippen LogP contribution >= 0.6 is 11.6 Å². The molecule has 0 aliphatic rings. The van der Waals surface area contributed by atoms with Crippen molar-refractivity contribution < 1.29 is 8.83 Å². The summed E-state index contributed by atoms with van der Waals surface area (Å²) in [5.41, 5.74) is 5.99. The van der Waals surface area contributed by atoms with Crippen LogP contribution in [0.25, 0.3) is 55.6 Å². The first-order chi connectivity index (χ1) is 14.3. The van der Waals surface area contributed by atoms with E-state index in [0.717, 1.165) is 27.5 Å². The third kappa shape index (κ3) is 2.55. The first-order valence-electron chi connectivity index (χ1n) is 9.34. The van der Waals surface area contributed by atoms with Gasteiger partial charge in [0.05, 0.1) is 10.4 Å². The zero-order valence-electron chi connectivity index (χ0n) is 15.2. The molecule has 29 heavy (non-hydrogen) atoms. The number of oxazole rings is 1. The molecule has 0 amide bonds. The van der Waals surface area contributed by atoms with Crippen LogP contribution in [-0.2, 0) is 0 Å². The summed E-state index contributed by atoms with van der Waals surface area (Å²) in [5.74, 6) is 0.540. The summed E-state index contributed by atoms with van der Waals surface area (Å²) in [5, 5.41) is 2.36. The molecule has 3 nitrogen and oxygen atoms in total. The number of hydrogen-bond donors (Lipinski definition) is 0. The van der Waals surface area contributed by atoms with E-state index >= 15 is 0 Å². The van der Waals surface area contributed by atoms with Crippen molar-refractivity contribution in [3.63, 3.8) is 0 Å². The molecule has 0 atom stereocenters. The summed E-state index contributed by atoms with van der Waals surface area (Å²) in [6.07, 6.45) is 0. The lowest BCUT2D eigenvalue weighted by atomic mass is 10.0. The van der Waals surface area contributed by atoms with Gasteiger partial charge in [0.1, 0.15) is 16.7 Å². The molecule has 0 fully saturated rings. The van der Waals surface area contributed by atoms with Crippen molar-refractivity contribution >= 4 is 44.6 Å². The lowest BCUT2D eigenvalue weighted by molar-refractivity contribution is 0.620. The quantitative estimate of drug-likeness (QED) is 0.301. The summed E-state index contributed by atoms with van der Waals surface area (Å²) in [6.45, 7) is 0. The number of rotatable bonds is 2. The van der Waals surface area contributed by atoms with Crippen molar-refractivity contribution in [2.75, 3.05) is 0 Å². The summed E-state index contributed by atoms with van der Waals surface area (Å²) < 4.78 is 12.0. The number of nitrogens with zero attached hydrogens (tertiary/aromatic N) is 1. The second-order valence-corrected chi connectivity index (χ2v) is 7.35. The van der Waals surface area contributed by atoms with Crippen molar-refractivity contribution in [1.82, 2.24) is 4.98 Å². The van der Waals surface area contributed by atoms with E-state index in [2.05, 4.69) is 29.2 Å². The lowest BCUT2D eigenvalue weighted by Crippen LogP contribution is -1.80. The van der Waals surface area contributed by atoms with Crippen molar-refractivity contribution in [3.05, 3.63) is 90.0 Å². The smallest absolute Gasteiger partial charge is 0.227 e. The zero-order chi connectivity index (χ0) is 19.4. The normalized spacial score (nSPS) is 11.6. The van der Waals surface area contributed by atoms with E-state index in [1.54, 1.807) is 0 Å². The van der Waals surface area contributed by atoms with Crippen LogP contribution in [0.3, 0.4) is 0 Å². The highest BCUT2D eigenvalue weighted by Gasteiger charge is 2.18. The Labute approximate surface area is 171 Å². The Morgan fingerprint density at radius 2 is 1.34 bits per heavy atom. The molecule has 0 aliphatic carbocycles. The molecule has 4 aromatic carbocycles. The van der Waals surface area contributed by atoms with E-state index in [4.69, 9.17) is 20.4 Å². The van der Waals surface area contributed by atoms with E-state index in [-0.39, 0.29) is 0 Å². The topological polar surface area (TPSA) is 39.2 Å². The predicted molar refractivity (Wildman–Crippen MR) is 117 cm³/mol. The highest BCUT2D eigenvalue weighted by molar-refractivity contribution is 6.42. The van der Waals surface area contributed by atoms with Gasteiger partial charge in [-0.1, -0.05) is 72.3 Å². The van der Waals surface area contributed by atoms with Crippen LogP contribution in [0.2, 0.25) is 5.02 Å². The van der Waals surface area contributed by atoms with Crippen LogP contribution < -0.4 is 0 Å². The third-order valence-electron chi connectivity index (χ3n) is 5.20. The molecule has 6 rings (SSSR count). The maximum atomic E-state index is 6.71. The van der Waals surface area contributed by atoms with Crippen molar-refractivity contribution in [2.45, 2.75) is 0 Å². The number of aromatic nitrogens is 1. The fraction of sp³-hybridized carbons (Fsp3) is 0. The van der Waals surface area contributed by atoms with Crippen LogP contribution in [-0.4, -0.2) is 4.98 Å². The fourth-order valence-electron chi connectivity index (χ4n) is 3.78. The number of fused-ring (bicyclic) bond motifs is 4. The van der Waals surface area contributed by atoms with E-state index in [0.29, 0.717) is 27.6 Å². The summed E-state index contributed by atoms with van der Waals surface area (Å²) in [7, 11) is 0. The predicted octanol–water partition coefficient (Wildman–Crippen LogP) is 7.71. The molecule has 0 spiro atoms. The van der Waals surface area contributed by atoms with Gasteiger partial charge >= 0.3 is 0 Å². The molecule has 0 bridgehead atoms. The Morgan fingerprint density at radius 1 is 0.655 bits per heavy atom. The van der Waals surface area contributed by atoms with Gasteiger partial charge in [0.25, 0.3) is 0 Å². The van der Waals surface area contributed by atoms with E-state index < -0.39 is 0 Å². The highest BCUT2D eigenvalue weighted by atomic mass is 35.5. The number of halogens is 1. The minimum atomic E-state index is 0.530. The fourth-order valence-corrected chi connectivity index (χ4v) is 4.11. The first-order valence-corrected chi connectivity index (χ1v) is 9.72. The number of hydrogen-bond acceptors (Lipinski definition) is 3. The molecule has 6 aromatic rings. The Balaban J connectivity index is 1.49. The Bertz CT molecular complexity index is 1500. The molecule has 138 valence electrons. The van der Waals surface area contributed by atoms with E-state index in [1.165, 1.54) is 5.56 Å². The highest BCUT2D eigenvalue weighted by Crippen LogP contribution is 2.40. The monoisotopic (exact) mass is 395 g/mol. The van der Waals surface area contributed by atoms with Crippen molar-refractivity contribution in [2.24, 2.45) is 0 Å². The largest absolute Gasteiger partial charge is 0.456 e. The van der Waals surface area contributed by atoms with Crippen LogP contribution in [0.5, 0.6) is 0 Å². The SMILES string of the molecule is Clc1c2oc(-c3ccc(-c4ccccc4)cc3)nc2cc2oc3ccccc3c12. The Hall–Kier alpha value is -3.56. The van der Waals surface area contributed by atoms with Gasteiger partial charge in [-0.15, -0.1) is 0 Å². The molecule has 0 unspecified atom stereocenters. The molecule has 0 radical (unpaired) electrons. The molecular formula is C25H14ClNO2. The van der Waals surface area contributed by atoms with Gasteiger partial charge in [0.15, 0.2) is 5.58 Å². The number of furan rings is 1. The van der Waals surface area contributed by atoms with Gasteiger partial charge in [-0.05, 0) is 29.3 Å². The van der Waals surface area contributed by atoms with Gasteiger partial charge in [0, 0.05) is 17.0 Å². The standard InChI is InChI=1S/C25H14ClNO2/c26-23-22-18-8-4-5-9-20(18)28-21(22)14-19-24(23)29-25(27-19)17-12-10-16(11-13-17)15-6-2-1-3-7-15/h1-14H. The summed E-state index contributed by atoms with van der Waals surface area (Å²) in [4.78, 5) is 4.66. The lowest BCUT2D eigenvalue weighted by Gasteiger charge is -2.02. The maximum Gasteiger partial charge on any atom is 0.227 e. The molecule has 2 heterocycles.